The Labute approximate surface area is 150 Å². The van der Waals surface area contributed by atoms with Gasteiger partial charge >= 0.3 is 0 Å². The lowest BCUT2D eigenvalue weighted by Gasteiger charge is -2.12. The number of amides is 3. The molecule has 0 atom stereocenters. The van der Waals surface area contributed by atoms with Gasteiger partial charge in [0, 0.05) is 12.1 Å². The highest BCUT2D eigenvalue weighted by atomic mass is 35.5. The molecule has 2 aromatic carbocycles. The second-order valence-corrected chi connectivity index (χ2v) is 6.22. The molecular weight excluding hydrogens is 340 g/mol. The van der Waals surface area contributed by atoms with Crippen LogP contribution in [0.2, 0.25) is 5.02 Å². The van der Waals surface area contributed by atoms with Gasteiger partial charge in [-0.15, -0.1) is 0 Å². The lowest BCUT2D eigenvalue weighted by atomic mass is 10.1. The quantitative estimate of drug-likeness (QED) is 0.824. The summed E-state index contributed by atoms with van der Waals surface area (Å²) in [6.07, 6.45) is 1.64. The van der Waals surface area contributed by atoms with Crippen molar-refractivity contribution in [1.29, 1.82) is 0 Å². The molecule has 0 aliphatic carbocycles. The van der Waals surface area contributed by atoms with Crippen LogP contribution in [0.25, 0.3) is 0 Å². The molecule has 5 nitrogen and oxygen atoms in total. The monoisotopic (exact) mass is 356 g/mol. The fraction of sp³-hybridized carbons (Fsp3) is 0.211. The van der Waals surface area contributed by atoms with Crippen LogP contribution in [0.5, 0.6) is 0 Å². The zero-order valence-electron chi connectivity index (χ0n) is 13.7. The number of anilines is 1. The minimum absolute atomic E-state index is 0.271. The number of benzene rings is 2. The molecule has 0 unspecified atom stereocenters. The Morgan fingerprint density at radius 3 is 2.52 bits per heavy atom. The third-order valence-electron chi connectivity index (χ3n) is 4.09. The molecule has 1 aliphatic rings. The largest absolute Gasteiger partial charge is 0.321 e. The Morgan fingerprint density at radius 2 is 1.80 bits per heavy atom. The third kappa shape index (κ3) is 3.28. The number of para-hydroxylation sites is 1. The summed E-state index contributed by atoms with van der Waals surface area (Å²) >= 11 is 6.04. The highest BCUT2D eigenvalue weighted by Gasteiger charge is 2.35. The molecule has 1 N–H and O–H groups in total. The van der Waals surface area contributed by atoms with Crippen molar-refractivity contribution in [3.63, 3.8) is 0 Å². The third-order valence-corrected chi connectivity index (χ3v) is 4.42. The molecule has 0 spiro atoms. The number of halogens is 1. The van der Waals surface area contributed by atoms with Crippen molar-refractivity contribution in [1.82, 2.24) is 4.90 Å². The maximum atomic E-state index is 12.5. The number of fused-ring (bicyclic) bond motifs is 1. The summed E-state index contributed by atoms with van der Waals surface area (Å²) in [5.74, 6) is -1.03. The second kappa shape index (κ2) is 7.07. The molecule has 6 heteroatoms. The van der Waals surface area contributed by atoms with E-state index in [9.17, 15) is 14.4 Å². The summed E-state index contributed by atoms with van der Waals surface area (Å²) in [7, 11) is 0. The molecule has 25 heavy (non-hydrogen) atoms. The first-order chi connectivity index (χ1) is 12.0. The first kappa shape index (κ1) is 17.2. The smallest absolute Gasteiger partial charge is 0.261 e. The summed E-state index contributed by atoms with van der Waals surface area (Å²) in [4.78, 5) is 38.4. The van der Waals surface area contributed by atoms with Crippen LogP contribution in [0, 0.1) is 0 Å². The van der Waals surface area contributed by atoms with E-state index in [1.54, 1.807) is 30.3 Å². The zero-order valence-corrected chi connectivity index (χ0v) is 14.5. The van der Waals surface area contributed by atoms with Crippen LogP contribution in [0.3, 0.4) is 0 Å². The van der Waals surface area contributed by atoms with Gasteiger partial charge in [-0.2, -0.15) is 0 Å². The van der Waals surface area contributed by atoms with Gasteiger partial charge in [0.25, 0.3) is 17.7 Å². The van der Waals surface area contributed by atoms with Crippen LogP contribution in [-0.4, -0.2) is 29.2 Å². The van der Waals surface area contributed by atoms with Crippen molar-refractivity contribution in [2.24, 2.45) is 0 Å². The lowest BCUT2D eigenvalue weighted by molar-refractivity contribution is 0.0652. The summed E-state index contributed by atoms with van der Waals surface area (Å²) in [5, 5.41) is 3.13. The summed E-state index contributed by atoms with van der Waals surface area (Å²) < 4.78 is 0. The topological polar surface area (TPSA) is 66.5 Å². The Balaban J connectivity index is 1.84. The van der Waals surface area contributed by atoms with Gasteiger partial charge in [-0.25, -0.2) is 0 Å². The number of carbonyl (C=O) groups excluding carboxylic acids is 3. The van der Waals surface area contributed by atoms with Crippen LogP contribution >= 0.6 is 11.6 Å². The summed E-state index contributed by atoms with van der Waals surface area (Å²) in [6, 6.07) is 11.4. The number of nitrogens with zero attached hydrogens (tertiary/aromatic N) is 1. The number of rotatable bonds is 5. The van der Waals surface area contributed by atoms with Crippen molar-refractivity contribution >= 4 is 35.0 Å². The number of hydrogen-bond donors (Lipinski definition) is 1. The standard InChI is InChI=1S/C19H17ClN2O3/c1-2-3-10-22-18(24)13-9-8-12(11-14(13)19(22)25)17(23)21-16-7-5-4-6-15(16)20/h4-9,11H,2-3,10H2,1H3,(H,21,23). The first-order valence-electron chi connectivity index (χ1n) is 8.09. The van der Waals surface area contributed by atoms with E-state index in [4.69, 9.17) is 11.6 Å². The van der Waals surface area contributed by atoms with Gasteiger partial charge in [0.1, 0.15) is 0 Å². The fourth-order valence-corrected chi connectivity index (χ4v) is 2.89. The predicted molar refractivity (Wildman–Crippen MR) is 96.1 cm³/mol. The van der Waals surface area contributed by atoms with Crippen molar-refractivity contribution in [2.45, 2.75) is 19.8 Å². The minimum atomic E-state index is -0.386. The highest BCUT2D eigenvalue weighted by Crippen LogP contribution is 2.26. The van der Waals surface area contributed by atoms with Crippen molar-refractivity contribution in [2.75, 3.05) is 11.9 Å². The van der Waals surface area contributed by atoms with E-state index < -0.39 is 0 Å². The average molecular weight is 357 g/mol. The first-order valence-corrected chi connectivity index (χ1v) is 8.47. The maximum absolute atomic E-state index is 12.5. The van der Waals surface area contributed by atoms with Crippen molar-refractivity contribution in [3.05, 3.63) is 64.2 Å². The van der Waals surface area contributed by atoms with Crippen molar-refractivity contribution in [3.8, 4) is 0 Å². The zero-order chi connectivity index (χ0) is 18.0. The molecule has 1 aliphatic heterocycles. The van der Waals surface area contributed by atoms with Gasteiger partial charge in [-0.1, -0.05) is 37.1 Å². The number of hydrogen-bond acceptors (Lipinski definition) is 3. The normalized spacial score (nSPS) is 13.1. The van der Waals surface area contributed by atoms with Crippen LogP contribution in [0.1, 0.15) is 50.8 Å². The van der Waals surface area contributed by atoms with Crippen LogP contribution < -0.4 is 5.32 Å². The average Bonchev–Trinajstić information content (AvgIpc) is 2.85. The van der Waals surface area contributed by atoms with Crippen LogP contribution in [0.4, 0.5) is 5.69 Å². The summed E-state index contributed by atoms with van der Waals surface area (Å²) in [6.45, 7) is 2.39. The molecule has 0 saturated carbocycles. The Bertz CT molecular complexity index is 863. The van der Waals surface area contributed by atoms with Gasteiger partial charge in [0.05, 0.1) is 21.8 Å². The molecule has 0 aromatic heterocycles. The number of unbranched alkanes of at least 4 members (excludes halogenated alkanes) is 1. The molecule has 2 aromatic rings. The second-order valence-electron chi connectivity index (χ2n) is 5.81. The molecule has 128 valence electrons. The Hall–Kier alpha value is -2.66. The van der Waals surface area contributed by atoms with Gasteiger partial charge in [-0.05, 0) is 36.8 Å². The van der Waals surface area contributed by atoms with Gasteiger partial charge < -0.3 is 5.32 Å². The molecule has 0 bridgehead atoms. The number of carbonyl (C=O) groups is 3. The molecule has 3 rings (SSSR count). The number of imide groups is 1. The fourth-order valence-electron chi connectivity index (χ4n) is 2.71. The van der Waals surface area contributed by atoms with Crippen molar-refractivity contribution < 1.29 is 14.4 Å². The molecule has 1 heterocycles. The Morgan fingerprint density at radius 1 is 1.08 bits per heavy atom. The molecule has 3 amide bonds. The van der Waals surface area contributed by atoms with E-state index >= 15 is 0 Å². The van der Waals surface area contributed by atoms with Gasteiger partial charge in [-0.3, -0.25) is 19.3 Å². The van der Waals surface area contributed by atoms with Gasteiger partial charge in [0.15, 0.2) is 0 Å². The van der Waals surface area contributed by atoms with E-state index in [-0.39, 0.29) is 23.3 Å². The highest BCUT2D eigenvalue weighted by molar-refractivity contribution is 6.34. The molecular formula is C19H17ClN2O3. The maximum Gasteiger partial charge on any atom is 0.261 e. The minimum Gasteiger partial charge on any atom is -0.321 e. The Kier molecular flexibility index (Phi) is 4.86. The van der Waals surface area contributed by atoms with E-state index in [0.717, 1.165) is 12.8 Å². The van der Waals surface area contributed by atoms with Crippen LogP contribution in [-0.2, 0) is 0 Å². The summed E-state index contributed by atoms with van der Waals surface area (Å²) in [5.41, 5.74) is 1.40. The van der Waals surface area contributed by atoms with E-state index in [2.05, 4.69) is 5.32 Å². The molecule has 0 saturated heterocycles. The SMILES string of the molecule is CCCCN1C(=O)c2ccc(C(=O)Nc3ccccc3Cl)cc2C1=O. The number of nitrogens with one attached hydrogen (secondary N) is 1. The van der Waals surface area contributed by atoms with Crippen LogP contribution in [0.15, 0.2) is 42.5 Å². The predicted octanol–water partition coefficient (Wildman–Crippen LogP) is 3.99. The van der Waals surface area contributed by atoms with E-state index in [1.165, 1.54) is 17.0 Å². The van der Waals surface area contributed by atoms with Gasteiger partial charge in [0.2, 0.25) is 0 Å². The lowest BCUT2D eigenvalue weighted by Crippen LogP contribution is -2.30. The molecule has 0 fully saturated rings. The van der Waals surface area contributed by atoms with E-state index in [0.29, 0.717) is 28.4 Å². The molecule has 0 radical (unpaired) electrons. The van der Waals surface area contributed by atoms with E-state index in [1.807, 2.05) is 6.92 Å².